The summed E-state index contributed by atoms with van der Waals surface area (Å²) in [6.45, 7) is 0. The lowest BCUT2D eigenvalue weighted by Gasteiger charge is -2.15. The van der Waals surface area contributed by atoms with Gasteiger partial charge in [-0.3, -0.25) is 4.99 Å². The molecule has 2 N–H and O–H groups in total. The molecule has 1 fully saturated rings. The van der Waals surface area contributed by atoms with Crippen molar-refractivity contribution in [2.45, 2.75) is 31.6 Å². The van der Waals surface area contributed by atoms with Gasteiger partial charge in [0.25, 0.3) is 0 Å². The maximum absolute atomic E-state index is 6.01. The second kappa shape index (κ2) is 5.04. The summed E-state index contributed by atoms with van der Waals surface area (Å²) >= 11 is 0. The minimum Gasteiger partial charge on any atom is -0.383 e. The molecule has 0 saturated heterocycles. The van der Waals surface area contributed by atoms with Crippen molar-refractivity contribution in [2.24, 2.45) is 10.7 Å². The first-order chi connectivity index (χ1) is 9.31. The van der Waals surface area contributed by atoms with E-state index in [1.165, 1.54) is 42.0 Å². The molecule has 2 heteroatoms. The van der Waals surface area contributed by atoms with Crippen molar-refractivity contribution in [2.75, 3.05) is 7.05 Å². The van der Waals surface area contributed by atoms with Gasteiger partial charge in [-0.15, -0.1) is 0 Å². The van der Waals surface area contributed by atoms with E-state index in [1.807, 2.05) is 0 Å². The van der Waals surface area contributed by atoms with Crippen LogP contribution in [-0.2, 0) is 0 Å². The van der Waals surface area contributed by atoms with Gasteiger partial charge in [0, 0.05) is 12.6 Å². The number of benzene rings is 2. The van der Waals surface area contributed by atoms with Gasteiger partial charge in [0.15, 0.2) is 0 Å². The van der Waals surface area contributed by atoms with Gasteiger partial charge < -0.3 is 5.73 Å². The molecule has 0 spiro atoms. The van der Waals surface area contributed by atoms with E-state index in [4.69, 9.17) is 5.73 Å². The van der Waals surface area contributed by atoms with Gasteiger partial charge in [0.05, 0.1) is 0 Å². The van der Waals surface area contributed by atoms with E-state index in [-0.39, 0.29) is 0 Å². The number of hydrogen-bond donors (Lipinski definition) is 1. The van der Waals surface area contributed by atoms with Crippen molar-refractivity contribution in [3.8, 4) is 0 Å². The zero-order valence-electron chi connectivity index (χ0n) is 11.4. The minimum atomic E-state index is 0.620. The number of aliphatic imine (C=N–C) groups is 1. The van der Waals surface area contributed by atoms with Crippen molar-refractivity contribution in [1.82, 2.24) is 0 Å². The van der Waals surface area contributed by atoms with Gasteiger partial charge >= 0.3 is 0 Å². The fourth-order valence-corrected chi connectivity index (χ4v) is 3.26. The molecule has 2 aromatic carbocycles. The van der Waals surface area contributed by atoms with E-state index in [9.17, 15) is 0 Å². The number of rotatable bonds is 2. The molecule has 2 aromatic rings. The molecule has 2 nitrogen and oxygen atoms in total. The zero-order valence-corrected chi connectivity index (χ0v) is 11.4. The highest BCUT2D eigenvalue weighted by molar-refractivity contribution is 6.09. The Bertz CT molecular complexity index is 622. The van der Waals surface area contributed by atoms with Crippen molar-refractivity contribution in [1.29, 1.82) is 0 Å². The molecule has 3 rings (SSSR count). The lowest BCUT2D eigenvalue weighted by atomic mass is 9.90. The molecular formula is C17H20N2. The molecule has 1 saturated carbocycles. The Morgan fingerprint density at radius 1 is 1.05 bits per heavy atom. The maximum atomic E-state index is 6.01. The Kier molecular flexibility index (Phi) is 3.24. The van der Waals surface area contributed by atoms with Crippen molar-refractivity contribution in [3.63, 3.8) is 0 Å². The normalized spacial score (nSPS) is 17.2. The topological polar surface area (TPSA) is 38.4 Å². The van der Waals surface area contributed by atoms with Crippen LogP contribution >= 0.6 is 0 Å². The second-order valence-electron chi connectivity index (χ2n) is 5.34. The first kappa shape index (κ1) is 12.2. The second-order valence-corrected chi connectivity index (χ2v) is 5.34. The van der Waals surface area contributed by atoms with Gasteiger partial charge in [0.1, 0.15) is 5.84 Å². The van der Waals surface area contributed by atoms with Crippen LogP contribution in [0.25, 0.3) is 10.8 Å². The van der Waals surface area contributed by atoms with E-state index < -0.39 is 0 Å². The van der Waals surface area contributed by atoms with Crippen LogP contribution in [0.15, 0.2) is 41.4 Å². The zero-order chi connectivity index (χ0) is 13.2. The van der Waals surface area contributed by atoms with Crippen LogP contribution in [0.4, 0.5) is 0 Å². The van der Waals surface area contributed by atoms with Gasteiger partial charge in [-0.1, -0.05) is 49.2 Å². The highest BCUT2D eigenvalue weighted by atomic mass is 14.8. The summed E-state index contributed by atoms with van der Waals surface area (Å²) in [7, 11) is 1.75. The smallest absolute Gasteiger partial charge is 0.125 e. The Hall–Kier alpha value is -1.83. The average molecular weight is 252 g/mol. The quantitative estimate of drug-likeness (QED) is 0.640. The molecule has 1 aliphatic carbocycles. The third kappa shape index (κ3) is 2.12. The lowest BCUT2D eigenvalue weighted by Crippen LogP contribution is -2.13. The van der Waals surface area contributed by atoms with E-state index in [0.29, 0.717) is 5.84 Å². The molecule has 0 atom stereocenters. The van der Waals surface area contributed by atoms with Crippen molar-refractivity contribution >= 4 is 16.6 Å². The first-order valence-corrected chi connectivity index (χ1v) is 7.05. The van der Waals surface area contributed by atoms with E-state index in [1.54, 1.807) is 7.05 Å². The van der Waals surface area contributed by atoms with Gasteiger partial charge in [-0.2, -0.15) is 0 Å². The highest BCUT2D eigenvalue weighted by Gasteiger charge is 2.20. The van der Waals surface area contributed by atoms with Crippen molar-refractivity contribution in [3.05, 3.63) is 47.5 Å². The molecule has 1 aliphatic rings. The van der Waals surface area contributed by atoms with Crippen LogP contribution < -0.4 is 5.73 Å². The van der Waals surface area contributed by atoms with Crippen LogP contribution in [0, 0.1) is 0 Å². The summed E-state index contributed by atoms with van der Waals surface area (Å²) in [5, 5.41) is 2.58. The molecule has 0 bridgehead atoms. The summed E-state index contributed by atoms with van der Waals surface area (Å²) in [4.78, 5) is 4.13. The Labute approximate surface area is 114 Å². The summed E-state index contributed by atoms with van der Waals surface area (Å²) < 4.78 is 0. The van der Waals surface area contributed by atoms with Crippen LogP contribution in [0.5, 0.6) is 0 Å². The molecule has 98 valence electrons. The fraction of sp³-hybridized carbons (Fsp3) is 0.353. The van der Waals surface area contributed by atoms with Crippen LogP contribution in [0.1, 0.15) is 42.7 Å². The van der Waals surface area contributed by atoms with Crippen LogP contribution in [-0.4, -0.2) is 12.9 Å². The van der Waals surface area contributed by atoms with E-state index >= 15 is 0 Å². The van der Waals surface area contributed by atoms with Crippen LogP contribution in [0.3, 0.4) is 0 Å². The number of hydrogen-bond acceptors (Lipinski definition) is 1. The average Bonchev–Trinajstić information content (AvgIpc) is 2.99. The summed E-state index contributed by atoms with van der Waals surface area (Å²) in [5.41, 5.74) is 8.56. The summed E-state index contributed by atoms with van der Waals surface area (Å²) in [6.07, 6.45) is 5.36. The summed E-state index contributed by atoms with van der Waals surface area (Å²) in [6, 6.07) is 13.0. The molecule has 0 unspecified atom stereocenters. The Balaban J connectivity index is 2.21. The molecule has 0 amide bonds. The lowest BCUT2D eigenvalue weighted by molar-refractivity contribution is 0.729. The molecule has 0 radical (unpaired) electrons. The van der Waals surface area contributed by atoms with Gasteiger partial charge in [-0.25, -0.2) is 0 Å². The number of fused-ring (bicyclic) bond motifs is 1. The SMILES string of the molecule is C/N=C(\N)c1ccc(C2CCCC2)c2ccccc12. The Morgan fingerprint density at radius 3 is 2.42 bits per heavy atom. The fourth-order valence-electron chi connectivity index (χ4n) is 3.26. The summed E-state index contributed by atoms with van der Waals surface area (Å²) in [5.74, 6) is 1.34. The first-order valence-electron chi connectivity index (χ1n) is 7.05. The highest BCUT2D eigenvalue weighted by Crippen LogP contribution is 2.38. The van der Waals surface area contributed by atoms with E-state index in [2.05, 4.69) is 41.4 Å². The Morgan fingerprint density at radius 2 is 1.74 bits per heavy atom. The standard InChI is InChI=1S/C17H20N2/c1-19-17(18)16-11-10-13(12-6-2-3-7-12)14-8-4-5-9-15(14)16/h4-5,8-12H,2-3,6-7H2,1H3,(H2,18,19). The third-order valence-electron chi connectivity index (χ3n) is 4.27. The number of nitrogens with two attached hydrogens (primary N) is 1. The number of nitrogens with zero attached hydrogens (tertiary/aromatic N) is 1. The predicted molar refractivity (Wildman–Crippen MR) is 81.8 cm³/mol. The maximum Gasteiger partial charge on any atom is 0.125 e. The molecule has 19 heavy (non-hydrogen) atoms. The molecular weight excluding hydrogens is 232 g/mol. The predicted octanol–water partition coefficient (Wildman–Crippen LogP) is 3.83. The molecule has 0 aliphatic heterocycles. The van der Waals surface area contributed by atoms with Gasteiger partial charge in [-0.05, 0) is 35.1 Å². The minimum absolute atomic E-state index is 0.620. The van der Waals surface area contributed by atoms with E-state index in [0.717, 1.165) is 11.5 Å². The molecule has 0 aromatic heterocycles. The van der Waals surface area contributed by atoms with Crippen LogP contribution in [0.2, 0.25) is 0 Å². The molecule has 0 heterocycles. The monoisotopic (exact) mass is 252 g/mol. The third-order valence-corrected chi connectivity index (χ3v) is 4.27. The number of amidine groups is 1. The van der Waals surface area contributed by atoms with Crippen molar-refractivity contribution < 1.29 is 0 Å². The van der Waals surface area contributed by atoms with Gasteiger partial charge in [0.2, 0.25) is 0 Å². The largest absolute Gasteiger partial charge is 0.383 e.